The van der Waals surface area contributed by atoms with Gasteiger partial charge in [0.2, 0.25) is 5.91 Å². The summed E-state index contributed by atoms with van der Waals surface area (Å²) in [5, 5.41) is 9.66. The van der Waals surface area contributed by atoms with Crippen molar-refractivity contribution in [3.8, 4) is 0 Å². The molecule has 4 amide bonds. The van der Waals surface area contributed by atoms with E-state index in [4.69, 9.17) is 0 Å². The van der Waals surface area contributed by atoms with Gasteiger partial charge in [-0.15, -0.1) is 0 Å². The van der Waals surface area contributed by atoms with E-state index in [-0.39, 0.29) is 41.2 Å². The molecule has 5 heterocycles. The highest BCUT2D eigenvalue weighted by atomic mass is 32.2. The fourth-order valence-electron chi connectivity index (χ4n) is 5.31. The van der Waals surface area contributed by atoms with Crippen LogP contribution in [0.25, 0.3) is 0 Å². The topological polar surface area (TPSA) is 107 Å². The molecule has 4 atom stereocenters. The van der Waals surface area contributed by atoms with Crippen molar-refractivity contribution in [3.63, 3.8) is 0 Å². The number of amides is 4. The maximum absolute atomic E-state index is 13.3. The van der Waals surface area contributed by atoms with E-state index in [0.29, 0.717) is 23.7 Å². The Morgan fingerprint density at radius 3 is 3.00 bits per heavy atom. The molecular weight excluding hydrogens is 440 g/mol. The van der Waals surface area contributed by atoms with Crippen LogP contribution in [-0.2, 0) is 9.59 Å². The van der Waals surface area contributed by atoms with Crippen molar-refractivity contribution in [1.29, 1.82) is 0 Å². The number of likely N-dealkylation sites (tertiary alicyclic amines) is 1. The lowest BCUT2D eigenvalue weighted by Gasteiger charge is -2.46. The molecule has 5 rings (SSSR count). The molecule has 0 aliphatic carbocycles. The molecule has 1 aromatic rings. The maximum atomic E-state index is 13.3. The van der Waals surface area contributed by atoms with Gasteiger partial charge in [0.25, 0.3) is 5.91 Å². The Bertz CT molecular complexity index is 1040. The Balaban J connectivity index is 1.38. The zero-order chi connectivity index (χ0) is 23.1. The quantitative estimate of drug-likeness (QED) is 0.578. The molecule has 0 spiro atoms. The molecule has 4 aliphatic heterocycles. The van der Waals surface area contributed by atoms with E-state index in [1.807, 2.05) is 24.0 Å². The Labute approximate surface area is 197 Å². The van der Waals surface area contributed by atoms with Gasteiger partial charge in [-0.2, -0.15) is 0 Å². The molecular formula is C23H28N6O3S. The van der Waals surface area contributed by atoms with Gasteiger partial charge in [-0.1, -0.05) is 18.3 Å². The number of hydrogen-bond donors (Lipinski definition) is 3. The first-order chi connectivity index (χ1) is 16.0. The van der Waals surface area contributed by atoms with Crippen LogP contribution in [0.3, 0.4) is 0 Å². The van der Waals surface area contributed by atoms with Gasteiger partial charge in [-0.05, 0) is 50.9 Å². The first-order valence-corrected chi connectivity index (χ1v) is 12.2. The Morgan fingerprint density at radius 2 is 2.21 bits per heavy atom. The number of carbonyl (C=O) groups is 3. The summed E-state index contributed by atoms with van der Waals surface area (Å²) in [5.74, 6) is -0.309. The van der Waals surface area contributed by atoms with Crippen LogP contribution < -0.4 is 20.9 Å². The number of hydrogen-bond acceptors (Lipinski definition) is 6. The summed E-state index contributed by atoms with van der Waals surface area (Å²) >= 11 is 1.49. The number of aryl methyl sites for hydroxylation is 1. The summed E-state index contributed by atoms with van der Waals surface area (Å²) in [7, 11) is 0. The molecule has 4 aliphatic rings. The van der Waals surface area contributed by atoms with Crippen LogP contribution in [0.15, 0.2) is 41.6 Å². The molecule has 33 heavy (non-hydrogen) atoms. The molecule has 3 saturated heterocycles. The van der Waals surface area contributed by atoms with Gasteiger partial charge >= 0.3 is 6.03 Å². The first kappa shape index (κ1) is 22.0. The Hall–Kier alpha value is -2.85. The van der Waals surface area contributed by atoms with Gasteiger partial charge < -0.3 is 20.9 Å². The van der Waals surface area contributed by atoms with Gasteiger partial charge in [0.1, 0.15) is 0 Å². The number of carbonyl (C=O) groups excluding carboxylic acids is 3. The summed E-state index contributed by atoms with van der Waals surface area (Å²) in [6.45, 7) is 7.37. The van der Waals surface area contributed by atoms with E-state index in [9.17, 15) is 14.4 Å². The summed E-state index contributed by atoms with van der Waals surface area (Å²) in [4.78, 5) is 47.0. The summed E-state index contributed by atoms with van der Waals surface area (Å²) < 4.78 is 0. The number of nitrogens with zero attached hydrogens (tertiary/aromatic N) is 3. The summed E-state index contributed by atoms with van der Waals surface area (Å²) in [6.07, 6.45) is 5.47. The lowest BCUT2D eigenvalue weighted by atomic mass is 9.86. The van der Waals surface area contributed by atoms with E-state index in [1.165, 1.54) is 17.8 Å². The largest absolute Gasteiger partial charge is 0.347 e. The number of aromatic nitrogens is 1. The van der Waals surface area contributed by atoms with E-state index < -0.39 is 0 Å². The van der Waals surface area contributed by atoms with Gasteiger partial charge in [0.05, 0.1) is 27.7 Å². The van der Waals surface area contributed by atoms with Gasteiger partial charge in [-0.3, -0.25) is 19.5 Å². The fraction of sp³-hybridized carbons (Fsp3) is 0.478. The number of nitrogens with one attached hydrogen (secondary N) is 3. The predicted octanol–water partition coefficient (Wildman–Crippen LogP) is 1.48. The van der Waals surface area contributed by atoms with Crippen molar-refractivity contribution in [3.05, 3.63) is 47.3 Å². The lowest BCUT2D eigenvalue weighted by Crippen LogP contribution is -2.62. The highest BCUT2D eigenvalue weighted by Gasteiger charge is 2.52. The van der Waals surface area contributed by atoms with E-state index >= 15 is 0 Å². The monoisotopic (exact) mass is 468 g/mol. The van der Waals surface area contributed by atoms with Crippen LogP contribution >= 0.6 is 11.8 Å². The highest BCUT2D eigenvalue weighted by molar-refractivity contribution is 8.04. The molecule has 0 aromatic carbocycles. The fourth-order valence-corrected chi connectivity index (χ4v) is 6.71. The van der Waals surface area contributed by atoms with Crippen LogP contribution in [0.2, 0.25) is 0 Å². The molecule has 3 N–H and O–H groups in total. The standard InChI is InChI=1S/C23H28N6O3S/c1-3-17(30)28-11-5-6-14(12-28)26-21(31)20-19-18-16(8-10-25-22(18)33-20)29(23(32)27-19)15-7-4-9-24-13(15)2/h3-4,7,9,14,16,18,22,25H,1,5-6,8,10-12H2,2H3,(H,26,31)(H,27,32)/t14-,16?,18?,22?/m1/s1. The van der Waals surface area contributed by atoms with Crippen LogP contribution in [-0.4, -0.2) is 64.8 Å². The van der Waals surface area contributed by atoms with Crippen molar-refractivity contribution in [1.82, 2.24) is 25.8 Å². The van der Waals surface area contributed by atoms with Gasteiger partial charge in [0, 0.05) is 36.9 Å². The van der Waals surface area contributed by atoms with Crippen molar-refractivity contribution in [2.75, 3.05) is 24.5 Å². The SMILES string of the molecule is C=CC(=O)N1CCC[C@@H](NC(=O)C2=C3NC(=O)N(c4cccnc4C)C4CCNC(S2)C34)C1. The lowest BCUT2D eigenvalue weighted by molar-refractivity contribution is -0.128. The molecule has 3 fully saturated rings. The zero-order valence-electron chi connectivity index (χ0n) is 18.5. The van der Waals surface area contributed by atoms with Crippen LogP contribution in [0.5, 0.6) is 0 Å². The molecule has 3 unspecified atom stereocenters. The third-order valence-electron chi connectivity index (χ3n) is 6.83. The van der Waals surface area contributed by atoms with Crippen LogP contribution in [0.4, 0.5) is 10.5 Å². The van der Waals surface area contributed by atoms with Crippen molar-refractivity contribution >= 4 is 35.3 Å². The normalized spacial score (nSPS) is 28.8. The second kappa shape index (κ2) is 8.83. The number of urea groups is 1. The highest BCUT2D eigenvalue weighted by Crippen LogP contribution is 2.48. The minimum absolute atomic E-state index is 0.00740. The average molecular weight is 469 g/mol. The molecule has 1 aromatic heterocycles. The first-order valence-electron chi connectivity index (χ1n) is 11.4. The zero-order valence-corrected chi connectivity index (χ0v) is 19.4. The van der Waals surface area contributed by atoms with Crippen molar-refractivity contribution < 1.29 is 14.4 Å². The third-order valence-corrected chi connectivity index (χ3v) is 8.18. The average Bonchev–Trinajstić information content (AvgIpc) is 3.19. The van der Waals surface area contributed by atoms with Gasteiger partial charge in [0.15, 0.2) is 0 Å². The minimum Gasteiger partial charge on any atom is -0.347 e. The maximum Gasteiger partial charge on any atom is 0.326 e. The molecule has 0 radical (unpaired) electrons. The number of piperidine rings is 2. The van der Waals surface area contributed by atoms with Crippen LogP contribution in [0.1, 0.15) is 25.0 Å². The van der Waals surface area contributed by atoms with Crippen molar-refractivity contribution in [2.24, 2.45) is 5.92 Å². The summed E-state index contributed by atoms with van der Waals surface area (Å²) in [5.41, 5.74) is 2.31. The summed E-state index contributed by atoms with van der Waals surface area (Å²) in [6, 6.07) is 3.37. The van der Waals surface area contributed by atoms with Crippen LogP contribution in [0, 0.1) is 12.8 Å². The molecule has 0 bridgehead atoms. The molecule has 10 heteroatoms. The number of rotatable bonds is 4. The predicted molar refractivity (Wildman–Crippen MR) is 126 cm³/mol. The smallest absolute Gasteiger partial charge is 0.326 e. The minimum atomic E-state index is -0.226. The number of anilines is 1. The molecule has 174 valence electrons. The second-order valence-corrected chi connectivity index (χ2v) is 9.98. The Morgan fingerprint density at radius 1 is 1.36 bits per heavy atom. The third kappa shape index (κ3) is 3.91. The van der Waals surface area contributed by atoms with E-state index in [0.717, 1.165) is 37.2 Å². The molecule has 0 saturated carbocycles. The Kier molecular flexibility index (Phi) is 5.88. The van der Waals surface area contributed by atoms with E-state index in [1.54, 1.807) is 11.1 Å². The molecule has 9 nitrogen and oxygen atoms in total. The van der Waals surface area contributed by atoms with Gasteiger partial charge in [-0.25, -0.2) is 4.79 Å². The number of thioether (sulfide) groups is 1. The number of pyridine rings is 1. The van der Waals surface area contributed by atoms with Crippen molar-refractivity contribution in [2.45, 2.75) is 43.6 Å². The van der Waals surface area contributed by atoms with E-state index in [2.05, 4.69) is 27.5 Å². The second-order valence-electron chi connectivity index (χ2n) is 8.83.